The zero-order valence-corrected chi connectivity index (χ0v) is 15.9. The van der Waals surface area contributed by atoms with E-state index in [0.29, 0.717) is 11.3 Å². The summed E-state index contributed by atoms with van der Waals surface area (Å²) in [5, 5.41) is 19.0. The highest BCUT2D eigenvalue weighted by molar-refractivity contribution is 5.98. The number of amides is 2. The van der Waals surface area contributed by atoms with Crippen LogP contribution < -0.4 is 16.0 Å². The van der Waals surface area contributed by atoms with Crippen LogP contribution in [0.15, 0.2) is 73.3 Å². The number of anilines is 3. The van der Waals surface area contributed by atoms with Crippen LogP contribution in [0.5, 0.6) is 0 Å². The van der Waals surface area contributed by atoms with Gasteiger partial charge in [-0.2, -0.15) is 0 Å². The Kier molecular flexibility index (Phi) is 5.72. The van der Waals surface area contributed by atoms with Crippen molar-refractivity contribution in [1.29, 1.82) is 0 Å². The summed E-state index contributed by atoms with van der Waals surface area (Å²) in [5.74, 6) is 0.473. The summed E-state index contributed by atoms with van der Waals surface area (Å²) in [7, 11) is 0. The number of hydrogen-bond acceptors (Lipinski definition) is 7. The Bertz CT molecular complexity index is 1140. The zero-order chi connectivity index (χ0) is 20.8. The molecule has 2 aromatic carbocycles. The fourth-order valence-corrected chi connectivity index (χ4v) is 2.91. The number of carbonyl (C=O) groups is 1. The standard InChI is InChI=1S/C21H19N7O2/c29-13-18(14-4-2-1-3-5-14)25-16-7-6-15-11-24-20(26-17(15)10-16)28-21(30)27-19-12-22-8-9-23-19/h1-12,18,25,29H,13H2,(H2,23,24,26,27,28,30). The molecule has 9 nitrogen and oxygen atoms in total. The molecule has 0 aliphatic rings. The lowest BCUT2D eigenvalue weighted by Gasteiger charge is -2.18. The van der Waals surface area contributed by atoms with Crippen LogP contribution in [-0.4, -0.2) is 37.7 Å². The number of aliphatic hydroxyl groups excluding tert-OH is 1. The van der Waals surface area contributed by atoms with Crippen LogP contribution >= 0.6 is 0 Å². The summed E-state index contributed by atoms with van der Waals surface area (Å²) in [6.07, 6.45) is 6.06. The van der Waals surface area contributed by atoms with Crippen molar-refractivity contribution in [2.45, 2.75) is 6.04 Å². The Morgan fingerprint density at radius 3 is 2.63 bits per heavy atom. The molecule has 4 N–H and O–H groups in total. The summed E-state index contributed by atoms with van der Waals surface area (Å²) in [6, 6.07) is 14.5. The lowest BCUT2D eigenvalue weighted by Crippen LogP contribution is -2.21. The van der Waals surface area contributed by atoms with Gasteiger partial charge in [-0.3, -0.25) is 15.6 Å². The first-order chi connectivity index (χ1) is 14.7. The maximum Gasteiger partial charge on any atom is 0.327 e. The van der Waals surface area contributed by atoms with Gasteiger partial charge in [0, 0.05) is 29.7 Å². The molecule has 9 heteroatoms. The van der Waals surface area contributed by atoms with E-state index in [0.717, 1.165) is 16.6 Å². The maximum absolute atomic E-state index is 12.1. The average Bonchev–Trinajstić information content (AvgIpc) is 2.78. The summed E-state index contributed by atoms with van der Waals surface area (Å²) in [4.78, 5) is 28.5. The van der Waals surface area contributed by atoms with Crippen molar-refractivity contribution in [2.75, 3.05) is 22.6 Å². The average molecular weight is 401 g/mol. The van der Waals surface area contributed by atoms with Gasteiger partial charge in [-0.1, -0.05) is 30.3 Å². The van der Waals surface area contributed by atoms with Crippen LogP contribution in [0.25, 0.3) is 10.9 Å². The zero-order valence-electron chi connectivity index (χ0n) is 15.9. The number of benzene rings is 2. The number of urea groups is 1. The van der Waals surface area contributed by atoms with Crippen LogP contribution in [0, 0.1) is 0 Å². The lowest BCUT2D eigenvalue weighted by atomic mass is 10.1. The van der Waals surface area contributed by atoms with E-state index in [9.17, 15) is 9.90 Å². The number of rotatable bonds is 6. The molecule has 0 bridgehead atoms. The molecule has 0 spiro atoms. The first-order valence-corrected chi connectivity index (χ1v) is 9.24. The van der Waals surface area contributed by atoms with E-state index in [4.69, 9.17) is 0 Å². The summed E-state index contributed by atoms with van der Waals surface area (Å²) < 4.78 is 0. The minimum absolute atomic E-state index is 0.0544. The molecule has 4 aromatic rings. The molecule has 1 atom stereocenters. The normalized spacial score (nSPS) is 11.6. The molecule has 1 unspecified atom stereocenters. The van der Waals surface area contributed by atoms with Gasteiger partial charge in [0.25, 0.3) is 0 Å². The molecule has 0 saturated carbocycles. The fraction of sp³-hybridized carbons (Fsp3) is 0.0952. The number of nitrogens with one attached hydrogen (secondary N) is 3. The van der Waals surface area contributed by atoms with Crippen molar-refractivity contribution < 1.29 is 9.90 Å². The van der Waals surface area contributed by atoms with Crippen LogP contribution in [0.4, 0.5) is 22.2 Å². The Hall–Kier alpha value is -4.11. The molecular formula is C21H19N7O2. The Labute approximate surface area is 172 Å². The SMILES string of the molecule is O=C(Nc1cnccn1)Nc1ncc2ccc(NC(CO)c3ccccc3)cc2n1. The molecule has 0 aliphatic carbocycles. The van der Waals surface area contributed by atoms with Gasteiger partial charge in [0.1, 0.15) is 0 Å². The minimum Gasteiger partial charge on any atom is -0.394 e. The van der Waals surface area contributed by atoms with Gasteiger partial charge < -0.3 is 10.4 Å². The van der Waals surface area contributed by atoms with Gasteiger partial charge in [0.05, 0.1) is 24.4 Å². The number of aromatic nitrogens is 4. The van der Waals surface area contributed by atoms with Crippen molar-refractivity contribution in [2.24, 2.45) is 0 Å². The first kappa shape index (κ1) is 19.2. The van der Waals surface area contributed by atoms with Crippen molar-refractivity contribution in [3.63, 3.8) is 0 Å². The third-order valence-electron chi connectivity index (χ3n) is 4.34. The fourth-order valence-electron chi connectivity index (χ4n) is 2.91. The topological polar surface area (TPSA) is 125 Å². The van der Waals surface area contributed by atoms with Gasteiger partial charge in [-0.25, -0.2) is 19.7 Å². The second-order valence-electron chi connectivity index (χ2n) is 6.43. The molecular weight excluding hydrogens is 382 g/mol. The molecule has 150 valence electrons. The van der Waals surface area contributed by atoms with E-state index in [-0.39, 0.29) is 18.6 Å². The maximum atomic E-state index is 12.1. The van der Waals surface area contributed by atoms with Gasteiger partial charge in [-0.05, 0) is 23.8 Å². The van der Waals surface area contributed by atoms with Gasteiger partial charge in [0.15, 0.2) is 5.82 Å². The minimum atomic E-state index is -0.520. The second kappa shape index (κ2) is 8.93. The van der Waals surface area contributed by atoms with E-state index in [2.05, 4.69) is 35.9 Å². The Morgan fingerprint density at radius 2 is 1.87 bits per heavy atom. The van der Waals surface area contributed by atoms with Crippen molar-refractivity contribution in [3.05, 3.63) is 78.9 Å². The predicted octanol–water partition coefficient (Wildman–Crippen LogP) is 3.21. The number of carbonyl (C=O) groups excluding carboxylic acids is 1. The van der Waals surface area contributed by atoms with E-state index in [1.54, 1.807) is 6.20 Å². The molecule has 0 radical (unpaired) electrons. The highest BCUT2D eigenvalue weighted by atomic mass is 16.3. The quantitative estimate of drug-likeness (QED) is 0.391. The van der Waals surface area contributed by atoms with Gasteiger partial charge in [0.2, 0.25) is 5.95 Å². The van der Waals surface area contributed by atoms with E-state index in [1.807, 2.05) is 48.5 Å². The molecule has 0 aliphatic heterocycles. The van der Waals surface area contributed by atoms with Crippen LogP contribution in [0.1, 0.15) is 11.6 Å². The molecule has 2 amide bonds. The third-order valence-corrected chi connectivity index (χ3v) is 4.34. The molecule has 4 rings (SSSR count). The van der Waals surface area contributed by atoms with Crippen LogP contribution in [-0.2, 0) is 0 Å². The van der Waals surface area contributed by atoms with Crippen molar-refractivity contribution >= 4 is 34.4 Å². The number of hydrogen-bond donors (Lipinski definition) is 4. The summed E-state index contributed by atoms with van der Waals surface area (Å²) >= 11 is 0. The number of aliphatic hydroxyl groups is 1. The smallest absolute Gasteiger partial charge is 0.327 e. The molecule has 2 aromatic heterocycles. The van der Waals surface area contributed by atoms with E-state index < -0.39 is 6.03 Å². The monoisotopic (exact) mass is 401 g/mol. The summed E-state index contributed by atoms with van der Waals surface area (Å²) in [6.45, 7) is -0.0544. The van der Waals surface area contributed by atoms with Crippen LogP contribution in [0.3, 0.4) is 0 Å². The van der Waals surface area contributed by atoms with Gasteiger partial charge in [-0.15, -0.1) is 0 Å². The van der Waals surface area contributed by atoms with Crippen molar-refractivity contribution in [1.82, 2.24) is 19.9 Å². The van der Waals surface area contributed by atoms with E-state index >= 15 is 0 Å². The van der Waals surface area contributed by atoms with Crippen LogP contribution in [0.2, 0.25) is 0 Å². The van der Waals surface area contributed by atoms with Crippen molar-refractivity contribution in [3.8, 4) is 0 Å². The largest absolute Gasteiger partial charge is 0.394 e. The third kappa shape index (κ3) is 4.65. The predicted molar refractivity (Wildman–Crippen MR) is 114 cm³/mol. The van der Waals surface area contributed by atoms with Gasteiger partial charge >= 0.3 is 6.03 Å². The highest BCUT2D eigenvalue weighted by Gasteiger charge is 2.11. The number of nitrogens with zero attached hydrogens (tertiary/aromatic N) is 4. The lowest BCUT2D eigenvalue weighted by molar-refractivity contribution is 0.262. The summed E-state index contributed by atoms with van der Waals surface area (Å²) in [5.41, 5.74) is 2.42. The molecule has 0 saturated heterocycles. The molecule has 0 fully saturated rings. The second-order valence-corrected chi connectivity index (χ2v) is 6.43. The highest BCUT2D eigenvalue weighted by Crippen LogP contribution is 2.23. The molecule has 2 heterocycles. The first-order valence-electron chi connectivity index (χ1n) is 9.24. The van der Waals surface area contributed by atoms with E-state index in [1.165, 1.54) is 18.6 Å². The number of fused-ring (bicyclic) bond motifs is 1. The Balaban J connectivity index is 1.50. The molecule has 30 heavy (non-hydrogen) atoms. The Morgan fingerprint density at radius 1 is 1.00 bits per heavy atom.